The average Bonchev–Trinajstić information content (AvgIpc) is 3.29. The van der Waals surface area contributed by atoms with Gasteiger partial charge in [-0.3, -0.25) is 9.59 Å². The molecule has 1 unspecified atom stereocenters. The normalized spacial score (nSPS) is 17.4. The van der Waals surface area contributed by atoms with Crippen molar-refractivity contribution in [1.82, 2.24) is 10.2 Å². The van der Waals surface area contributed by atoms with E-state index in [0.29, 0.717) is 12.1 Å². The summed E-state index contributed by atoms with van der Waals surface area (Å²) in [5.41, 5.74) is 1.39. The minimum Gasteiger partial charge on any atom is -0.461 e. The molecule has 0 bridgehead atoms. The quantitative estimate of drug-likeness (QED) is 0.764. The van der Waals surface area contributed by atoms with Crippen molar-refractivity contribution in [2.75, 3.05) is 13.1 Å². The highest BCUT2D eigenvalue weighted by Gasteiger charge is 2.26. The van der Waals surface area contributed by atoms with Gasteiger partial charge in [-0.2, -0.15) is 0 Å². The number of thiophene rings is 1. The van der Waals surface area contributed by atoms with Gasteiger partial charge < -0.3 is 14.6 Å². The monoisotopic (exact) mass is 368 g/mol. The molecule has 4 rings (SSSR count). The molecule has 1 saturated heterocycles. The summed E-state index contributed by atoms with van der Waals surface area (Å²) < 4.78 is 5.55. The summed E-state index contributed by atoms with van der Waals surface area (Å²) in [5.74, 6) is 0.767. The van der Waals surface area contributed by atoms with Gasteiger partial charge in [0.15, 0.2) is 0 Å². The standard InChI is InChI=1S/C20H20N2O3S/c1-13-10-15-11-14(6-7-17(15)25-13)19(23)21-16-4-2-8-22(12-16)20(24)18-5-3-9-26-18/h3,5-7,9-11,16H,2,4,8,12H2,1H3,(H,21,23). The Morgan fingerprint density at radius 3 is 2.96 bits per heavy atom. The Labute approximate surface area is 155 Å². The van der Waals surface area contributed by atoms with Crippen LogP contribution in [-0.4, -0.2) is 35.8 Å². The maximum Gasteiger partial charge on any atom is 0.263 e. The summed E-state index contributed by atoms with van der Waals surface area (Å²) in [6.07, 6.45) is 1.77. The van der Waals surface area contributed by atoms with Crippen molar-refractivity contribution < 1.29 is 14.0 Å². The van der Waals surface area contributed by atoms with Gasteiger partial charge in [0.25, 0.3) is 11.8 Å². The van der Waals surface area contributed by atoms with E-state index in [1.165, 1.54) is 11.3 Å². The van der Waals surface area contributed by atoms with Crippen LogP contribution in [0.15, 0.2) is 46.2 Å². The Morgan fingerprint density at radius 1 is 1.27 bits per heavy atom. The van der Waals surface area contributed by atoms with Gasteiger partial charge in [0, 0.05) is 30.1 Å². The third kappa shape index (κ3) is 3.37. The molecular formula is C20H20N2O3S. The average molecular weight is 368 g/mol. The van der Waals surface area contributed by atoms with E-state index in [-0.39, 0.29) is 17.9 Å². The third-order valence-corrected chi connectivity index (χ3v) is 5.54. The summed E-state index contributed by atoms with van der Waals surface area (Å²) in [4.78, 5) is 27.7. The molecule has 3 aromatic rings. The lowest BCUT2D eigenvalue weighted by Crippen LogP contribution is -2.49. The molecule has 1 aliphatic heterocycles. The van der Waals surface area contributed by atoms with Crippen LogP contribution >= 0.6 is 11.3 Å². The fourth-order valence-electron chi connectivity index (χ4n) is 3.42. The molecule has 2 aromatic heterocycles. The SMILES string of the molecule is Cc1cc2cc(C(=O)NC3CCCN(C(=O)c4cccs4)C3)ccc2o1. The number of rotatable bonds is 3. The number of carbonyl (C=O) groups is 2. The van der Waals surface area contributed by atoms with Crippen LogP contribution in [0, 0.1) is 6.92 Å². The molecule has 6 heteroatoms. The molecule has 0 spiro atoms. The number of nitrogens with one attached hydrogen (secondary N) is 1. The van der Waals surface area contributed by atoms with Gasteiger partial charge in [-0.25, -0.2) is 0 Å². The second-order valence-corrected chi connectivity index (χ2v) is 7.60. The number of aryl methyl sites for hydroxylation is 1. The summed E-state index contributed by atoms with van der Waals surface area (Å²) >= 11 is 1.45. The fraction of sp³-hybridized carbons (Fsp3) is 0.300. The van der Waals surface area contributed by atoms with E-state index >= 15 is 0 Å². The summed E-state index contributed by atoms with van der Waals surface area (Å²) in [5, 5.41) is 5.91. The van der Waals surface area contributed by atoms with Crippen LogP contribution in [0.3, 0.4) is 0 Å². The zero-order valence-electron chi connectivity index (χ0n) is 14.5. The van der Waals surface area contributed by atoms with Gasteiger partial charge >= 0.3 is 0 Å². The molecule has 0 aliphatic carbocycles. The highest BCUT2D eigenvalue weighted by molar-refractivity contribution is 7.12. The molecular weight excluding hydrogens is 348 g/mol. The van der Waals surface area contributed by atoms with E-state index in [9.17, 15) is 9.59 Å². The van der Waals surface area contributed by atoms with Crippen molar-refractivity contribution in [3.8, 4) is 0 Å². The Kier molecular flexibility index (Phi) is 4.51. The van der Waals surface area contributed by atoms with E-state index in [2.05, 4.69) is 5.32 Å². The molecule has 1 N–H and O–H groups in total. The van der Waals surface area contributed by atoms with Crippen molar-refractivity contribution >= 4 is 34.1 Å². The van der Waals surface area contributed by atoms with Crippen molar-refractivity contribution in [1.29, 1.82) is 0 Å². The second kappa shape index (κ2) is 6.96. The summed E-state index contributed by atoms with van der Waals surface area (Å²) in [6.45, 7) is 3.18. The first-order valence-corrected chi connectivity index (χ1v) is 9.62. The zero-order valence-corrected chi connectivity index (χ0v) is 15.3. The van der Waals surface area contributed by atoms with Gasteiger partial charge in [-0.1, -0.05) is 6.07 Å². The van der Waals surface area contributed by atoms with Gasteiger partial charge in [0.1, 0.15) is 11.3 Å². The van der Waals surface area contributed by atoms with Crippen molar-refractivity contribution in [2.24, 2.45) is 0 Å². The number of likely N-dealkylation sites (tertiary alicyclic amines) is 1. The van der Waals surface area contributed by atoms with Crippen molar-refractivity contribution in [2.45, 2.75) is 25.8 Å². The van der Waals surface area contributed by atoms with Crippen LogP contribution in [0.25, 0.3) is 11.0 Å². The van der Waals surface area contributed by atoms with E-state index in [0.717, 1.165) is 41.0 Å². The van der Waals surface area contributed by atoms with Crippen molar-refractivity contribution in [3.05, 3.63) is 58.0 Å². The number of piperidine rings is 1. The number of nitrogens with zero attached hydrogens (tertiary/aromatic N) is 1. The minimum absolute atomic E-state index is 0.0260. The zero-order chi connectivity index (χ0) is 18.1. The predicted octanol–water partition coefficient (Wildman–Crippen LogP) is 3.84. The lowest BCUT2D eigenvalue weighted by Gasteiger charge is -2.33. The van der Waals surface area contributed by atoms with Crippen LogP contribution < -0.4 is 5.32 Å². The Balaban J connectivity index is 1.43. The first-order valence-electron chi connectivity index (χ1n) is 8.74. The van der Waals surface area contributed by atoms with Gasteiger partial charge in [0.05, 0.1) is 4.88 Å². The molecule has 1 fully saturated rings. The van der Waals surface area contributed by atoms with E-state index in [4.69, 9.17) is 4.42 Å². The topological polar surface area (TPSA) is 62.6 Å². The highest BCUT2D eigenvalue weighted by Crippen LogP contribution is 2.21. The Bertz CT molecular complexity index is 945. The van der Waals surface area contributed by atoms with E-state index < -0.39 is 0 Å². The summed E-state index contributed by atoms with van der Waals surface area (Å²) in [6, 6.07) is 11.1. The van der Waals surface area contributed by atoms with Crippen LogP contribution in [0.5, 0.6) is 0 Å². The van der Waals surface area contributed by atoms with Gasteiger partial charge in [-0.05, 0) is 55.5 Å². The van der Waals surface area contributed by atoms with Crippen molar-refractivity contribution in [3.63, 3.8) is 0 Å². The van der Waals surface area contributed by atoms with Crippen LogP contribution in [0.1, 0.15) is 38.6 Å². The molecule has 1 atom stereocenters. The van der Waals surface area contributed by atoms with Gasteiger partial charge in [0.2, 0.25) is 0 Å². The number of hydrogen-bond donors (Lipinski definition) is 1. The third-order valence-electron chi connectivity index (χ3n) is 4.68. The molecule has 0 radical (unpaired) electrons. The van der Waals surface area contributed by atoms with E-state index in [1.54, 1.807) is 6.07 Å². The number of fused-ring (bicyclic) bond motifs is 1. The largest absolute Gasteiger partial charge is 0.461 e. The number of carbonyl (C=O) groups excluding carboxylic acids is 2. The molecule has 1 aliphatic rings. The Morgan fingerprint density at radius 2 is 2.15 bits per heavy atom. The molecule has 5 nitrogen and oxygen atoms in total. The number of hydrogen-bond acceptors (Lipinski definition) is 4. The van der Waals surface area contributed by atoms with E-state index in [1.807, 2.05) is 47.5 Å². The molecule has 3 heterocycles. The fourth-order valence-corrected chi connectivity index (χ4v) is 4.11. The van der Waals surface area contributed by atoms with Gasteiger partial charge in [-0.15, -0.1) is 11.3 Å². The Hall–Kier alpha value is -2.60. The number of furan rings is 1. The van der Waals surface area contributed by atoms with Crippen LogP contribution in [0.2, 0.25) is 0 Å². The van der Waals surface area contributed by atoms with Crippen LogP contribution in [-0.2, 0) is 0 Å². The molecule has 1 aromatic carbocycles. The van der Waals surface area contributed by atoms with Crippen LogP contribution in [0.4, 0.5) is 0 Å². The smallest absolute Gasteiger partial charge is 0.263 e. The highest BCUT2D eigenvalue weighted by atomic mass is 32.1. The maximum absolute atomic E-state index is 12.6. The second-order valence-electron chi connectivity index (χ2n) is 6.65. The number of amides is 2. The lowest BCUT2D eigenvalue weighted by atomic mass is 10.0. The molecule has 134 valence electrons. The first-order chi connectivity index (χ1) is 12.6. The number of benzene rings is 1. The molecule has 2 amide bonds. The molecule has 0 saturated carbocycles. The lowest BCUT2D eigenvalue weighted by molar-refractivity contribution is 0.0680. The maximum atomic E-state index is 12.6. The minimum atomic E-state index is -0.110. The predicted molar refractivity (Wildman–Crippen MR) is 102 cm³/mol. The summed E-state index contributed by atoms with van der Waals surface area (Å²) in [7, 11) is 0. The molecule has 26 heavy (non-hydrogen) atoms. The first kappa shape index (κ1) is 16.8.